The van der Waals surface area contributed by atoms with Gasteiger partial charge in [0.05, 0.1) is 24.2 Å². The highest BCUT2D eigenvalue weighted by atomic mass is 35.5. The van der Waals surface area contributed by atoms with Crippen LogP contribution in [0.3, 0.4) is 0 Å². The molecule has 0 bridgehead atoms. The summed E-state index contributed by atoms with van der Waals surface area (Å²) in [4.78, 5) is 48.5. The Morgan fingerprint density at radius 2 is 1.74 bits per heavy atom. The molecule has 11 nitrogen and oxygen atoms in total. The molecule has 0 unspecified atom stereocenters. The first-order valence-corrected chi connectivity index (χ1v) is 10.7. The van der Waals surface area contributed by atoms with E-state index in [1.54, 1.807) is 12.1 Å². The third kappa shape index (κ3) is 5.20. The zero-order chi connectivity index (χ0) is 24.8. The summed E-state index contributed by atoms with van der Waals surface area (Å²) in [6.07, 6.45) is 0.532. The number of hydrazine groups is 1. The number of nitrogens with zero attached hydrogens (tertiary/aromatic N) is 3. The van der Waals surface area contributed by atoms with Crippen LogP contribution in [0.1, 0.15) is 33.6 Å². The number of carbonyl (C=O) groups is 3. The summed E-state index contributed by atoms with van der Waals surface area (Å²) in [5.41, 5.74) is 0.221. The van der Waals surface area contributed by atoms with Gasteiger partial charge in [-0.3, -0.25) is 29.5 Å². The Hall–Kier alpha value is -3.86. The lowest BCUT2D eigenvalue weighted by molar-refractivity contribution is -0.384. The molecule has 0 spiro atoms. The van der Waals surface area contributed by atoms with Crippen LogP contribution in [-0.4, -0.2) is 66.5 Å². The minimum atomic E-state index is -0.558. The predicted molar refractivity (Wildman–Crippen MR) is 122 cm³/mol. The molecule has 1 aliphatic heterocycles. The smallest absolute Gasteiger partial charge is 0.280 e. The number of hydrogen-bond donors (Lipinski definition) is 1. The van der Waals surface area contributed by atoms with Crippen LogP contribution in [0.15, 0.2) is 36.4 Å². The molecule has 0 radical (unpaired) electrons. The highest BCUT2D eigenvalue weighted by Crippen LogP contribution is 2.37. The molecule has 3 rings (SSSR count). The first kappa shape index (κ1) is 24.8. The standard InChI is InChI=1S/C22H23ClN4O7/c1-33-17-9-8-16(23)20(34-2)19(17)22(30)26-13-3-12-25(26)18(28)10-11-24-21(29)14-4-6-15(7-5-14)27(31)32/h4-9H,3,10-13H2,1-2H3,(H,24,29). The molecule has 0 aromatic heterocycles. The van der Waals surface area contributed by atoms with Gasteiger partial charge < -0.3 is 14.8 Å². The number of carbonyl (C=O) groups excluding carboxylic acids is 3. The fourth-order valence-electron chi connectivity index (χ4n) is 3.57. The first-order chi connectivity index (χ1) is 16.3. The van der Waals surface area contributed by atoms with Crippen molar-refractivity contribution in [2.24, 2.45) is 0 Å². The second-order valence-electron chi connectivity index (χ2n) is 7.27. The number of non-ortho nitro benzene ring substituents is 1. The molecule has 2 aromatic rings. The van der Waals surface area contributed by atoms with Crippen LogP contribution >= 0.6 is 11.6 Å². The van der Waals surface area contributed by atoms with E-state index in [1.165, 1.54) is 48.5 Å². The van der Waals surface area contributed by atoms with Crippen LogP contribution in [0.5, 0.6) is 11.5 Å². The Morgan fingerprint density at radius 1 is 1.06 bits per heavy atom. The van der Waals surface area contributed by atoms with Crippen molar-refractivity contribution in [1.82, 2.24) is 15.3 Å². The number of nitrogens with one attached hydrogen (secondary N) is 1. The average molecular weight is 491 g/mol. The van der Waals surface area contributed by atoms with Crippen molar-refractivity contribution in [3.63, 3.8) is 0 Å². The molecule has 1 fully saturated rings. The minimum Gasteiger partial charge on any atom is -0.496 e. The van der Waals surface area contributed by atoms with E-state index in [1.807, 2.05) is 0 Å². The number of halogens is 1. The van der Waals surface area contributed by atoms with Crippen LogP contribution in [0.25, 0.3) is 0 Å². The largest absolute Gasteiger partial charge is 0.496 e. The van der Waals surface area contributed by atoms with Crippen LogP contribution < -0.4 is 14.8 Å². The van der Waals surface area contributed by atoms with E-state index in [0.717, 1.165) is 0 Å². The average Bonchev–Trinajstić information content (AvgIpc) is 3.33. The van der Waals surface area contributed by atoms with Gasteiger partial charge in [-0.1, -0.05) is 11.6 Å². The zero-order valence-corrected chi connectivity index (χ0v) is 19.3. The Kier molecular flexibility index (Phi) is 7.90. The monoisotopic (exact) mass is 490 g/mol. The lowest BCUT2D eigenvalue weighted by Crippen LogP contribution is -2.45. The SMILES string of the molecule is COc1ccc(Cl)c(OC)c1C(=O)N1CCCN1C(=O)CCNC(=O)c1ccc([N+](=O)[O-])cc1. The molecular weight excluding hydrogens is 468 g/mol. The number of ether oxygens (including phenoxy) is 2. The lowest BCUT2D eigenvalue weighted by Gasteiger charge is -2.29. The summed E-state index contributed by atoms with van der Waals surface area (Å²) < 4.78 is 10.6. The molecule has 1 aliphatic rings. The number of nitro groups is 1. The summed E-state index contributed by atoms with van der Waals surface area (Å²) >= 11 is 6.18. The Morgan fingerprint density at radius 3 is 2.35 bits per heavy atom. The van der Waals surface area contributed by atoms with Gasteiger partial charge in [-0.25, -0.2) is 5.01 Å². The van der Waals surface area contributed by atoms with E-state index >= 15 is 0 Å². The third-order valence-corrected chi connectivity index (χ3v) is 5.53. The van der Waals surface area contributed by atoms with Gasteiger partial charge in [0.15, 0.2) is 5.75 Å². The van der Waals surface area contributed by atoms with Gasteiger partial charge in [0.2, 0.25) is 5.91 Å². The molecule has 3 amide bonds. The van der Waals surface area contributed by atoms with E-state index < -0.39 is 16.7 Å². The predicted octanol–water partition coefficient (Wildman–Crippen LogP) is 2.68. The van der Waals surface area contributed by atoms with Crippen LogP contribution in [-0.2, 0) is 4.79 Å². The summed E-state index contributed by atoms with van der Waals surface area (Å²) in [5, 5.41) is 16.2. The van der Waals surface area contributed by atoms with Crippen molar-refractivity contribution in [3.05, 3.63) is 62.7 Å². The first-order valence-electron chi connectivity index (χ1n) is 10.3. The highest BCUT2D eigenvalue weighted by molar-refractivity contribution is 6.32. The molecule has 1 N–H and O–H groups in total. The van der Waals surface area contributed by atoms with E-state index in [4.69, 9.17) is 21.1 Å². The molecule has 34 heavy (non-hydrogen) atoms. The van der Waals surface area contributed by atoms with Gasteiger partial charge in [0, 0.05) is 43.8 Å². The molecule has 0 atom stereocenters. The maximum Gasteiger partial charge on any atom is 0.280 e. The van der Waals surface area contributed by atoms with Gasteiger partial charge in [-0.2, -0.15) is 0 Å². The number of hydrogen-bond acceptors (Lipinski definition) is 7. The molecule has 1 saturated heterocycles. The highest BCUT2D eigenvalue weighted by Gasteiger charge is 2.34. The van der Waals surface area contributed by atoms with Crippen LogP contribution in [0.2, 0.25) is 5.02 Å². The summed E-state index contributed by atoms with van der Waals surface area (Å²) in [6.45, 7) is 0.682. The fraction of sp³-hybridized carbons (Fsp3) is 0.318. The Labute approximate surface area is 200 Å². The molecule has 0 aliphatic carbocycles. The fourth-order valence-corrected chi connectivity index (χ4v) is 3.81. The van der Waals surface area contributed by atoms with Crippen molar-refractivity contribution in [2.45, 2.75) is 12.8 Å². The second-order valence-corrected chi connectivity index (χ2v) is 7.67. The van der Waals surface area contributed by atoms with Crippen molar-refractivity contribution in [1.29, 1.82) is 0 Å². The summed E-state index contributed by atoms with van der Waals surface area (Å²) in [6, 6.07) is 8.23. The number of methoxy groups -OCH3 is 2. The minimum absolute atomic E-state index is 0.0248. The molecule has 2 aromatic carbocycles. The summed E-state index contributed by atoms with van der Waals surface area (Å²) in [7, 11) is 2.80. The quantitative estimate of drug-likeness (QED) is 0.444. The maximum absolute atomic E-state index is 13.3. The van der Waals surface area contributed by atoms with Crippen molar-refractivity contribution in [2.75, 3.05) is 33.9 Å². The van der Waals surface area contributed by atoms with Gasteiger partial charge in [-0.05, 0) is 30.7 Å². The van der Waals surface area contributed by atoms with Crippen molar-refractivity contribution in [3.8, 4) is 11.5 Å². The van der Waals surface area contributed by atoms with Crippen molar-refractivity contribution >= 4 is 35.0 Å². The Bertz CT molecular complexity index is 1110. The summed E-state index contributed by atoms with van der Waals surface area (Å²) in [5.74, 6) is -0.890. The lowest BCUT2D eigenvalue weighted by atomic mass is 10.1. The van der Waals surface area contributed by atoms with Crippen LogP contribution in [0.4, 0.5) is 5.69 Å². The topological polar surface area (TPSA) is 131 Å². The van der Waals surface area contributed by atoms with E-state index in [-0.39, 0.29) is 52.2 Å². The van der Waals surface area contributed by atoms with Crippen molar-refractivity contribution < 1.29 is 28.8 Å². The van der Waals surface area contributed by atoms with Gasteiger partial charge in [0.1, 0.15) is 11.3 Å². The maximum atomic E-state index is 13.3. The molecule has 12 heteroatoms. The number of rotatable bonds is 8. The zero-order valence-electron chi connectivity index (χ0n) is 18.6. The number of amides is 3. The van der Waals surface area contributed by atoms with Gasteiger partial charge >= 0.3 is 0 Å². The molecule has 1 heterocycles. The van der Waals surface area contributed by atoms with Crippen LogP contribution in [0, 0.1) is 10.1 Å². The van der Waals surface area contributed by atoms with Gasteiger partial charge in [-0.15, -0.1) is 0 Å². The molecule has 180 valence electrons. The molecular formula is C22H23ClN4O7. The normalized spacial score (nSPS) is 12.9. The third-order valence-electron chi connectivity index (χ3n) is 5.23. The van der Waals surface area contributed by atoms with E-state index in [9.17, 15) is 24.5 Å². The second kappa shape index (κ2) is 10.8. The van der Waals surface area contributed by atoms with Gasteiger partial charge in [0.25, 0.3) is 17.5 Å². The number of benzene rings is 2. The number of nitro benzene ring substituents is 1. The van der Waals surface area contributed by atoms with E-state index in [2.05, 4.69) is 5.32 Å². The Balaban J connectivity index is 1.65. The van der Waals surface area contributed by atoms with E-state index in [0.29, 0.717) is 19.5 Å². The molecule has 0 saturated carbocycles.